The number of unbranched alkanes of at least 4 members (excludes halogenated alkanes) is 1. The first-order valence-corrected chi connectivity index (χ1v) is 5.48. The fourth-order valence-corrected chi connectivity index (χ4v) is 1.27. The normalized spacial score (nSPS) is 14.2. The van der Waals surface area contributed by atoms with E-state index in [4.69, 9.17) is 5.73 Å². The standard InChI is InChI=1S/C10H21F3N2/c1-2-3-5-9(14)8-15-7-4-6-10(11,12)13/h9,15H,2-8,14H2,1H3. The van der Waals surface area contributed by atoms with Crippen LogP contribution in [0.3, 0.4) is 0 Å². The Morgan fingerprint density at radius 1 is 1.27 bits per heavy atom. The lowest BCUT2D eigenvalue weighted by molar-refractivity contribution is -0.135. The zero-order chi connectivity index (χ0) is 11.7. The van der Waals surface area contributed by atoms with E-state index in [1.165, 1.54) is 0 Å². The molecule has 1 atom stereocenters. The zero-order valence-corrected chi connectivity index (χ0v) is 9.24. The highest BCUT2D eigenvalue weighted by molar-refractivity contribution is 4.64. The molecule has 0 radical (unpaired) electrons. The fourth-order valence-electron chi connectivity index (χ4n) is 1.27. The molecule has 0 aromatic carbocycles. The second-order valence-electron chi connectivity index (χ2n) is 3.83. The van der Waals surface area contributed by atoms with Gasteiger partial charge >= 0.3 is 6.18 Å². The Labute approximate surface area is 89.4 Å². The van der Waals surface area contributed by atoms with Crippen LogP contribution < -0.4 is 11.1 Å². The summed E-state index contributed by atoms with van der Waals surface area (Å²) in [5, 5.41) is 2.94. The van der Waals surface area contributed by atoms with Gasteiger partial charge in [-0.3, -0.25) is 0 Å². The van der Waals surface area contributed by atoms with Gasteiger partial charge in [-0.05, 0) is 19.4 Å². The van der Waals surface area contributed by atoms with Crippen molar-refractivity contribution in [2.45, 2.75) is 51.2 Å². The first-order valence-electron chi connectivity index (χ1n) is 5.48. The Hall–Kier alpha value is -0.290. The van der Waals surface area contributed by atoms with E-state index >= 15 is 0 Å². The summed E-state index contributed by atoms with van der Waals surface area (Å²) in [5.41, 5.74) is 5.74. The van der Waals surface area contributed by atoms with Gasteiger partial charge in [-0.15, -0.1) is 0 Å². The molecule has 0 saturated carbocycles. The van der Waals surface area contributed by atoms with Crippen molar-refractivity contribution in [1.82, 2.24) is 5.32 Å². The van der Waals surface area contributed by atoms with E-state index < -0.39 is 12.6 Å². The minimum Gasteiger partial charge on any atom is -0.327 e. The van der Waals surface area contributed by atoms with E-state index in [0.717, 1.165) is 19.3 Å². The topological polar surface area (TPSA) is 38.0 Å². The third kappa shape index (κ3) is 11.6. The van der Waals surface area contributed by atoms with Gasteiger partial charge in [0.15, 0.2) is 0 Å². The summed E-state index contributed by atoms with van der Waals surface area (Å²) >= 11 is 0. The average Bonchev–Trinajstić information content (AvgIpc) is 2.12. The van der Waals surface area contributed by atoms with Gasteiger partial charge in [0.05, 0.1) is 0 Å². The number of rotatable bonds is 8. The summed E-state index contributed by atoms with van der Waals surface area (Å²) in [4.78, 5) is 0. The Kier molecular flexibility index (Phi) is 7.78. The van der Waals surface area contributed by atoms with Crippen molar-refractivity contribution in [2.75, 3.05) is 13.1 Å². The summed E-state index contributed by atoms with van der Waals surface area (Å²) in [6.45, 7) is 3.08. The van der Waals surface area contributed by atoms with Crippen molar-refractivity contribution >= 4 is 0 Å². The molecule has 0 aromatic rings. The van der Waals surface area contributed by atoms with E-state index in [0.29, 0.717) is 13.1 Å². The zero-order valence-electron chi connectivity index (χ0n) is 9.24. The van der Waals surface area contributed by atoms with Crippen molar-refractivity contribution in [3.05, 3.63) is 0 Å². The quantitative estimate of drug-likeness (QED) is 0.624. The van der Waals surface area contributed by atoms with Gasteiger partial charge < -0.3 is 11.1 Å². The Bertz CT molecular complexity index is 148. The van der Waals surface area contributed by atoms with Crippen molar-refractivity contribution in [1.29, 1.82) is 0 Å². The number of hydrogen-bond acceptors (Lipinski definition) is 2. The molecule has 0 fully saturated rings. The number of nitrogens with one attached hydrogen (secondary N) is 1. The van der Waals surface area contributed by atoms with Gasteiger partial charge in [0.2, 0.25) is 0 Å². The van der Waals surface area contributed by atoms with Gasteiger partial charge in [-0.1, -0.05) is 19.8 Å². The molecule has 15 heavy (non-hydrogen) atoms. The van der Waals surface area contributed by atoms with E-state index in [-0.39, 0.29) is 12.5 Å². The highest BCUT2D eigenvalue weighted by atomic mass is 19.4. The molecule has 0 bridgehead atoms. The van der Waals surface area contributed by atoms with Gasteiger partial charge in [0.1, 0.15) is 0 Å². The van der Waals surface area contributed by atoms with E-state index in [2.05, 4.69) is 12.2 Å². The maximum Gasteiger partial charge on any atom is 0.389 e. The van der Waals surface area contributed by atoms with Crippen LogP contribution in [0.25, 0.3) is 0 Å². The van der Waals surface area contributed by atoms with Crippen molar-refractivity contribution in [3.63, 3.8) is 0 Å². The monoisotopic (exact) mass is 226 g/mol. The molecule has 0 heterocycles. The predicted molar refractivity (Wildman–Crippen MR) is 55.7 cm³/mol. The first kappa shape index (κ1) is 14.7. The molecule has 2 nitrogen and oxygen atoms in total. The molecule has 0 spiro atoms. The van der Waals surface area contributed by atoms with E-state index in [9.17, 15) is 13.2 Å². The van der Waals surface area contributed by atoms with Crippen LogP contribution >= 0.6 is 0 Å². The minimum absolute atomic E-state index is 0.0656. The second-order valence-corrected chi connectivity index (χ2v) is 3.83. The molecule has 0 aromatic heterocycles. The van der Waals surface area contributed by atoms with E-state index in [1.54, 1.807) is 0 Å². The highest BCUT2D eigenvalue weighted by Crippen LogP contribution is 2.20. The number of alkyl halides is 3. The fraction of sp³-hybridized carbons (Fsp3) is 1.00. The summed E-state index contributed by atoms with van der Waals surface area (Å²) < 4.78 is 35.3. The maximum absolute atomic E-state index is 11.8. The van der Waals surface area contributed by atoms with Gasteiger partial charge in [0.25, 0.3) is 0 Å². The van der Waals surface area contributed by atoms with Crippen molar-refractivity contribution in [2.24, 2.45) is 5.73 Å². The van der Waals surface area contributed by atoms with E-state index in [1.807, 2.05) is 0 Å². The first-order chi connectivity index (χ1) is 6.95. The van der Waals surface area contributed by atoms with Crippen LogP contribution in [0.5, 0.6) is 0 Å². The Morgan fingerprint density at radius 3 is 2.47 bits per heavy atom. The van der Waals surface area contributed by atoms with Crippen molar-refractivity contribution in [3.8, 4) is 0 Å². The maximum atomic E-state index is 11.8. The van der Waals surface area contributed by atoms with Crippen LogP contribution in [-0.2, 0) is 0 Å². The molecule has 92 valence electrons. The molecule has 0 aliphatic heterocycles. The predicted octanol–water partition coefficient (Wildman–Crippen LogP) is 2.44. The minimum atomic E-state index is -4.04. The molecule has 0 saturated heterocycles. The van der Waals surface area contributed by atoms with Crippen LogP contribution in [0, 0.1) is 0 Å². The molecular formula is C10H21F3N2. The van der Waals surface area contributed by atoms with Crippen molar-refractivity contribution < 1.29 is 13.2 Å². The summed E-state index contributed by atoms with van der Waals surface area (Å²) in [7, 11) is 0. The molecular weight excluding hydrogens is 205 g/mol. The lowest BCUT2D eigenvalue weighted by Crippen LogP contribution is -2.34. The summed E-state index contributed by atoms with van der Waals surface area (Å²) in [6, 6.07) is 0.0656. The second kappa shape index (κ2) is 7.93. The number of hydrogen-bond donors (Lipinski definition) is 2. The lowest BCUT2D eigenvalue weighted by Gasteiger charge is -2.12. The van der Waals surface area contributed by atoms with Gasteiger partial charge in [-0.2, -0.15) is 13.2 Å². The molecule has 0 amide bonds. The number of nitrogens with two attached hydrogens (primary N) is 1. The molecule has 3 N–H and O–H groups in total. The highest BCUT2D eigenvalue weighted by Gasteiger charge is 2.25. The van der Waals surface area contributed by atoms with Crippen LogP contribution in [0.2, 0.25) is 0 Å². The SMILES string of the molecule is CCCCC(N)CNCCCC(F)(F)F. The third-order valence-electron chi connectivity index (χ3n) is 2.15. The summed E-state index contributed by atoms with van der Waals surface area (Å²) in [6.07, 6.45) is -1.52. The van der Waals surface area contributed by atoms with Crippen LogP contribution in [0.4, 0.5) is 13.2 Å². The third-order valence-corrected chi connectivity index (χ3v) is 2.15. The Morgan fingerprint density at radius 2 is 1.93 bits per heavy atom. The molecule has 0 aliphatic rings. The largest absolute Gasteiger partial charge is 0.389 e. The van der Waals surface area contributed by atoms with Crippen LogP contribution in [0.1, 0.15) is 39.0 Å². The smallest absolute Gasteiger partial charge is 0.327 e. The molecule has 0 aliphatic carbocycles. The average molecular weight is 226 g/mol. The van der Waals surface area contributed by atoms with Gasteiger partial charge in [0, 0.05) is 19.0 Å². The molecule has 0 rings (SSSR count). The molecule has 1 unspecified atom stereocenters. The van der Waals surface area contributed by atoms with Crippen LogP contribution in [-0.4, -0.2) is 25.3 Å². The number of halogens is 3. The molecule has 5 heteroatoms. The van der Waals surface area contributed by atoms with Crippen LogP contribution in [0.15, 0.2) is 0 Å². The lowest BCUT2D eigenvalue weighted by atomic mass is 10.1. The Balaban J connectivity index is 3.23. The summed E-state index contributed by atoms with van der Waals surface area (Å²) in [5.74, 6) is 0. The van der Waals surface area contributed by atoms with Gasteiger partial charge in [-0.25, -0.2) is 0 Å².